The lowest BCUT2D eigenvalue weighted by atomic mass is 10.0. The van der Waals surface area contributed by atoms with Gasteiger partial charge in [-0.05, 0) is 29.3 Å². The summed E-state index contributed by atoms with van der Waals surface area (Å²) in [6, 6.07) is 9.68. The number of carbonyl (C=O) groups excluding carboxylic acids is 1. The number of nitrogens with one attached hydrogen (secondary N) is 1. The second kappa shape index (κ2) is 12.9. The van der Waals surface area contributed by atoms with E-state index in [1.54, 1.807) is 32.4 Å². The van der Waals surface area contributed by atoms with Crippen molar-refractivity contribution in [2.45, 2.75) is 12.8 Å². The number of methoxy groups -OCH3 is 2. The Morgan fingerprint density at radius 1 is 1.00 bits per heavy atom. The fourth-order valence-corrected chi connectivity index (χ4v) is 3.86. The summed E-state index contributed by atoms with van der Waals surface area (Å²) < 4.78 is 35.3. The Morgan fingerprint density at radius 2 is 1.81 bits per heavy atom. The molecule has 1 aromatic heterocycles. The van der Waals surface area contributed by atoms with Crippen molar-refractivity contribution < 1.29 is 28.1 Å². The molecule has 0 fully saturated rings. The number of aliphatic imine (C=N–C) groups is 1. The summed E-state index contributed by atoms with van der Waals surface area (Å²) in [6.45, 7) is 1.98. The quantitative estimate of drug-likeness (QED) is 0.348. The van der Waals surface area contributed by atoms with E-state index in [2.05, 4.69) is 20.3 Å². The van der Waals surface area contributed by atoms with Crippen LogP contribution in [0.3, 0.4) is 0 Å². The normalized spacial score (nSPS) is 12.8. The Hall–Kier alpha value is -3.89. The first-order valence-electron chi connectivity index (χ1n) is 11.8. The summed E-state index contributed by atoms with van der Waals surface area (Å²) in [6.07, 6.45) is 3.70. The predicted molar refractivity (Wildman–Crippen MR) is 138 cm³/mol. The van der Waals surface area contributed by atoms with Crippen molar-refractivity contribution in [3.8, 4) is 11.5 Å². The van der Waals surface area contributed by atoms with Crippen molar-refractivity contribution in [1.82, 2.24) is 9.97 Å². The largest absolute Gasteiger partial charge is 0.491 e. The molecule has 1 N–H and O–H groups in total. The number of hydrogen-bond donors (Lipinski definition) is 1. The summed E-state index contributed by atoms with van der Waals surface area (Å²) >= 11 is 0. The molecule has 4 rings (SSSR count). The lowest BCUT2D eigenvalue weighted by Gasteiger charge is -2.15. The van der Waals surface area contributed by atoms with Gasteiger partial charge in [-0.3, -0.25) is 9.79 Å². The number of benzene rings is 2. The molecule has 194 valence electrons. The number of anilines is 1. The number of rotatable bonds is 13. The number of ether oxygens (including phenoxy) is 4. The van der Waals surface area contributed by atoms with E-state index in [1.165, 1.54) is 18.5 Å². The van der Waals surface area contributed by atoms with Crippen LogP contribution < -0.4 is 14.8 Å². The maximum Gasteiger partial charge on any atom is 0.146 e. The van der Waals surface area contributed by atoms with Gasteiger partial charge >= 0.3 is 0 Å². The van der Waals surface area contributed by atoms with Crippen LogP contribution in [-0.2, 0) is 20.7 Å². The molecule has 9 nitrogen and oxygen atoms in total. The highest BCUT2D eigenvalue weighted by Gasteiger charge is 2.17. The molecule has 0 radical (unpaired) electrons. The molecule has 10 heteroatoms. The Balaban J connectivity index is 1.49. The SMILES string of the molecule is COCCOc1cc(OCCOC)c2c(NC3=NCC(CC(=O)Cc4cccc(F)c4)=C3)ncnc2c1. The minimum absolute atomic E-state index is 0.00406. The first-order valence-corrected chi connectivity index (χ1v) is 11.8. The smallest absolute Gasteiger partial charge is 0.146 e. The third-order valence-corrected chi connectivity index (χ3v) is 5.53. The van der Waals surface area contributed by atoms with E-state index in [1.807, 2.05) is 12.1 Å². The second-order valence-corrected chi connectivity index (χ2v) is 8.37. The van der Waals surface area contributed by atoms with Crippen LogP contribution in [0.15, 0.2) is 59.4 Å². The van der Waals surface area contributed by atoms with E-state index in [0.29, 0.717) is 72.6 Å². The van der Waals surface area contributed by atoms with Gasteiger partial charge in [0.2, 0.25) is 0 Å². The lowest BCUT2D eigenvalue weighted by Crippen LogP contribution is -2.11. The van der Waals surface area contributed by atoms with Gasteiger partial charge in [0.1, 0.15) is 54.3 Å². The Kier molecular flexibility index (Phi) is 9.12. The molecule has 0 amide bonds. The molecule has 0 aliphatic carbocycles. The number of ketones is 1. The van der Waals surface area contributed by atoms with Crippen molar-refractivity contribution in [1.29, 1.82) is 0 Å². The van der Waals surface area contributed by atoms with Gasteiger partial charge in [0.05, 0.1) is 30.7 Å². The number of halogens is 1. The first-order chi connectivity index (χ1) is 18.1. The van der Waals surface area contributed by atoms with E-state index in [0.717, 1.165) is 5.57 Å². The van der Waals surface area contributed by atoms with Crippen LogP contribution >= 0.6 is 0 Å². The summed E-state index contributed by atoms with van der Waals surface area (Å²) in [5, 5.41) is 3.91. The van der Waals surface area contributed by atoms with Crippen LogP contribution in [0.1, 0.15) is 12.0 Å². The third kappa shape index (κ3) is 7.31. The first kappa shape index (κ1) is 26.2. The van der Waals surface area contributed by atoms with Gasteiger partial charge in [0.25, 0.3) is 0 Å². The minimum Gasteiger partial charge on any atom is -0.491 e. The fourth-order valence-electron chi connectivity index (χ4n) is 3.86. The highest BCUT2D eigenvalue weighted by Crippen LogP contribution is 2.34. The van der Waals surface area contributed by atoms with Crippen LogP contribution in [0.4, 0.5) is 10.2 Å². The molecular formula is C27H29FN4O5. The van der Waals surface area contributed by atoms with Crippen molar-refractivity contribution in [3.05, 3.63) is 65.8 Å². The summed E-state index contributed by atoms with van der Waals surface area (Å²) in [5.74, 6) is 1.88. The van der Waals surface area contributed by atoms with Crippen molar-refractivity contribution in [3.63, 3.8) is 0 Å². The fraction of sp³-hybridized carbons (Fsp3) is 0.333. The zero-order valence-electron chi connectivity index (χ0n) is 20.8. The van der Waals surface area contributed by atoms with Crippen LogP contribution in [0.2, 0.25) is 0 Å². The summed E-state index contributed by atoms with van der Waals surface area (Å²) in [4.78, 5) is 25.8. The second-order valence-electron chi connectivity index (χ2n) is 8.37. The van der Waals surface area contributed by atoms with E-state index in [4.69, 9.17) is 18.9 Å². The Labute approximate surface area is 214 Å². The standard InChI is InChI=1S/C27H29FN4O5/c1-34-6-8-36-22-14-23-26(24(15-22)37-9-7-35-2)27(31-17-30-23)32-25-13-19(16-29-25)12-21(33)11-18-4-3-5-20(28)10-18/h3-5,10,13-15,17H,6-9,11-12,16H2,1-2H3,(H,29,30,31,32). The van der Waals surface area contributed by atoms with Gasteiger partial charge in [-0.2, -0.15) is 0 Å². The van der Waals surface area contributed by atoms with E-state index >= 15 is 0 Å². The van der Waals surface area contributed by atoms with Gasteiger partial charge in [0.15, 0.2) is 0 Å². The number of carbonyl (C=O) groups is 1. The van der Waals surface area contributed by atoms with Gasteiger partial charge < -0.3 is 24.3 Å². The number of hydrogen-bond acceptors (Lipinski definition) is 9. The average molecular weight is 509 g/mol. The summed E-state index contributed by atoms with van der Waals surface area (Å²) in [5.41, 5.74) is 2.16. The monoisotopic (exact) mass is 508 g/mol. The molecule has 0 bridgehead atoms. The van der Waals surface area contributed by atoms with Crippen molar-refractivity contribution in [2.75, 3.05) is 52.5 Å². The number of nitrogens with zero attached hydrogens (tertiary/aromatic N) is 3. The van der Waals surface area contributed by atoms with E-state index < -0.39 is 0 Å². The molecule has 0 saturated carbocycles. The van der Waals surface area contributed by atoms with Crippen molar-refractivity contribution in [2.24, 2.45) is 4.99 Å². The highest BCUT2D eigenvalue weighted by molar-refractivity contribution is 6.10. The van der Waals surface area contributed by atoms with Gasteiger partial charge in [0, 0.05) is 39.2 Å². The predicted octanol–water partition coefficient (Wildman–Crippen LogP) is 3.77. The minimum atomic E-state index is -0.350. The number of fused-ring (bicyclic) bond motifs is 1. The maximum atomic E-state index is 13.4. The maximum absolute atomic E-state index is 13.4. The van der Waals surface area contributed by atoms with Crippen LogP contribution in [-0.4, -0.2) is 68.8 Å². The molecule has 0 atom stereocenters. The van der Waals surface area contributed by atoms with E-state index in [-0.39, 0.29) is 24.4 Å². The average Bonchev–Trinajstić information content (AvgIpc) is 3.30. The number of amidine groups is 1. The molecule has 37 heavy (non-hydrogen) atoms. The molecule has 0 spiro atoms. The van der Waals surface area contributed by atoms with E-state index in [9.17, 15) is 9.18 Å². The topological polar surface area (TPSA) is 104 Å². The number of Topliss-reactive ketones (excluding diaryl/α,β-unsaturated/α-hetero) is 1. The molecule has 3 aromatic rings. The van der Waals surface area contributed by atoms with Crippen molar-refractivity contribution >= 4 is 28.3 Å². The number of aromatic nitrogens is 2. The molecule has 1 aliphatic heterocycles. The zero-order chi connectivity index (χ0) is 26.0. The molecule has 2 heterocycles. The van der Waals surface area contributed by atoms with Crippen LogP contribution in [0.5, 0.6) is 11.5 Å². The molecular weight excluding hydrogens is 479 g/mol. The Bertz CT molecular complexity index is 1310. The molecule has 2 aromatic carbocycles. The third-order valence-electron chi connectivity index (χ3n) is 5.53. The van der Waals surface area contributed by atoms with Gasteiger partial charge in [-0.25, -0.2) is 14.4 Å². The van der Waals surface area contributed by atoms with Crippen LogP contribution in [0, 0.1) is 5.82 Å². The molecule has 1 aliphatic rings. The van der Waals surface area contributed by atoms with Gasteiger partial charge in [-0.15, -0.1) is 0 Å². The lowest BCUT2D eigenvalue weighted by molar-refractivity contribution is -0.117. The molecule has 0 saturated heterocycles. The Morgan fingerprint density at radius 3 is 2.59 bits per heavy atom. The highest BCUT2D eigenvalue weighted by atomic mass is 19.1. The van der Waals surface area contributed by atoms with Gasteiger partial charge in [-0.1, -0.05) is 12.1 Å². The summed E-state index contributed by atoms with van der Waals surface area (Å²) in [7, 11) is 3.22. The zero-order valence-corrected chi connectivity index (χ0v) is 20.8. The molecule has 0 unspecified atom stereocenters. The van der Waals surface area contributed by atoms with Crippen LogP contribution in [0.25, 0.3) is 10.9 Å².